The fourth-order valence-electron chi connectivity index (χ4n) is 6.31. The van der Waals surface area contributed by atoms with Gasteiger partial charge in [-0.1, -0.05) is 29.8 Å². The number of sulfonamides is 1. The minimum Gasteiger partial charge on any atom is -0.493 e. The molecule has 7 heteroatoms. The molecule has 186 valence electrons. The summed E-state index contributed by atoms with van der Waals surface area (Å²) < 4.78 is 34.3. The Balaban J connectivity index is 1.28. The SMILES string of the molecule is Cc1ccc(S(=O)(=O)N2CCC[C@H]2C(=O)N(Cc2ccc3c(c2)OCC3)C2CCC3CC3C2)cc1. The Labute approximate surface area is 208 Å². The molecule has 2 saturated carbocycles. The summed E-state index contributed by atoms with van der Waals surface area (Å²) in [6.07, 6.45) is 6.70. The molecule has 0 aromatic heterocycles. The number of rotatable bonds is 6. The van der Waals surface area contributed by atoms with Crippen LogP contribution in [0.25, 0.3) is 0 Å². The Morgan fingerprint density at radius 2 is 1.89 bits per heavy atom. The first-order chi connectivity index (χ1) is 16.9. The van der Waals surface area contributed by atoms with Crippen LogP contribution >= 0.6 is 0 Å². The van der Waals surface area contributed by atoms with Gasteiger partial charge in [0.25, 0.3) is 0 Å². The molecule has 6 nitrogen and oxygen atoms in total. The predicted molar refractivity (Wildman–Crippen MR) is 134 cm³/mol. The van der Waals surface area contributed by atoms with E-state index in [4.69, 9.17) is 4.74 Å². The number of ether oxygens (including phenoxy) is 1. The summed E-state index contributed by atoms with van der Waals surface area (Å²) in [4.78, 5) is 16.4. The molecule has 3 fully saturated rings. The molecule has 2 aromatic rings. The molecule has 4 aliphatic rings. The minimum absolute atomic E-state index is 0.0382. The van der Waals surface area contributed by atoms with Gasteiger partial charge < -0.3 is 9.64 Å². The van der Waals surface area contributed by atoms with E-state index >= 15 is 0 Å². The number of benzene rings is 2. The Morgan fingerprint density at radius 3 is 2.69 bits per heavy atom. The average molecular weight is 495 g/mol. The maximum absolute atomic E-state index is 14.1. The summed E-state index contributed by atoms with van der Waals surface area (Å²) in [5, 5.41) is 0. The third-order valence-electron chi connectivity index (χ3n) is 8.47. The zero-order valence-electron chi connectivity index (χ0n) is 20.4. The predicted octanol–water partition coefficient (Wildman–Crippen LogP) is 4.30. The van der Waals surface area contributed by atoms with Gasteiger partial charge in [-0.25, -0.2) is 8.42 Å². The van der Waals surface area contributed by atoms with Gasteiger partial charge in [0.05, 0.1) is 11.5 Å². The number of nitrogens with zero attached hydrogens (tertiary/aromatic N) is 2. The van der Waals surface area contributed by atoms with Crippen LogP contribution in [0.2, 0.25) is 0 Å². The van der Waals surface area contributed by atoms with Gasteiger partial charge in [0.15, 0.2) is 0 Å². The van der Waals surface area contributed by atoms with Gasteiger partial charge in [0.2, 0.25) is 15.9 Å². The molecule has 1 saturated heterocycles. The van der Waals surface area contributed by atoms with Crippen molar-refractivity contribution in [1.82, 2.24) is 9.21 Å². The van der Waals surface area contributed by atoms with Crippen LogP contribution in [0.15, 0.2) is 47.4 Å². The highest BCUT2D eigenvalue weighted by Crippen LogP contribution is 2.50. The van der Waals surface area contributed by atoms with Crippen LogP contribution in [0.5, 0.6) is 5.75 Å². The molecule has 0 spiro atoms. The second-order valence-electron chi connectivity index (χ2n) is 10.8. The highest BCUT2D eigenvalue weighted by molar-refractivity contribution is 7.89. The molecule has 2 aromatic carbocycles. The molecule has 3 unspecified atom stereocenters. The first-order valence-electron chi connectivity index (χ1n) is 13.0. The molecule has 4 atom stereocenters. The second kappa shape index (κ2) is 8.93. The van der Waals surface area contributed by atoms with E-state index in [1.165, 1.54) is 22.7 Å². The standard InChI is InChI=1S/C28H34N2O4S/c1-19-4-10-25(11-5-19)35(32,33)30-13-2-3-26(30)28(31)29(24-9-8-22-16-23(22)17-24)18-20-6-7-21-12-14-34-27(21)15-20/h4-7,10-11,15,22-24,26H,2-3,8-9,12-14,16-18H2,1H3/t22?,23?,24?,26-/m0/s1. The third-order valence-corrected chi connectivity index (χ3v) is 10.4. The normalized spacial score (nSPS) is 27.7. The topological polar surface area (TPSA) is 66.9 Å². The Kier molecular flexibility index (Phi) is 5.88. The lowest BCUT2D eigenvalue weighted by atomic mass is 9.93. The van der Waals surface area contributed by atoms with Crippen molar-refractivity contribution < 1.29 is 17.9 Å². The quantitative estimate of drug-likeness (QED) is 0.601. The Morgan fingerprint density at radius 1 is 1.06 bits per heavy atom. The van der Waals surface area contributed by atoms with E-state index < -0.39 is 16.1 Å². The highest BCUT2D eigenvalue weighted by atomic mass is 32.2. The Bertz CT molecular complexity index is 1230. The lowest BCUT2D eigenvalue weighted by Gasteiger charge is -2.37. The molecule has 2 aliphatic carbocycles. The number of hydrogen-bond acceptors (Lipinski definition) is 4. The van der Waals surface area contributed by atoms with Gasteiger partial charge in [0, 0.05) is 25.6 Å². The molecule has 35 heavy (non-hydrogen) atoms. The van der Waals surface area contributed by atoms with Gasteiger partial charge in [-0.05, 0) is 86.6 Å². The molecule has 2 heterocycles. The average Bonchev–Trinajstić information content (AvgIpc) is 3.22. The van der Waals surface area contributed by atoms with E-state index in [1.807, 2.05) is 24.0 Å². The largest absolute Gasteiger partial charge is 0.493 e. The summed E-state index contributed by atoms with van der Waals surface area (Å²) >= 11 is 0. The molecule has 1 amide bonds. The van der Waals surface area contributed by atoms with Crippen LogP contribution in [-0.2, 0) is 27.8 Å². The van der Waals surface area contributed by atoms with Crippen molar-refractivity contribution in [3.8, 4) is 5.75 Å². The lowest BCUT2D eigenvalue weighted by Crippen LogP contribution is -2.51. The van der Waals surface area contributed by atoms with Crippen LogP contribution in [0.1, 0.15) is 55.2 Å². The zero-order valence-corrected chi connectivity index (χ0v) is 21.2. The maximum Gasteiger partial charge on any atom is 0.243 e. The van der Waals surface area contributed by atoms with Crippen molar-refractivity contribution in [3.63, 3.8) is 0 Å². The van der Waals surface area contributed by atoms with Crippen molar-refractivity contribution in [2.45, 2.75) is 75.4 Å². The number of carbonyl (C=O) groups excluding carboxylic acids is 1. The summed E-state index contributed by atoms with van der Waals surface area (Å²) in [6, 6.07) is 12.8. The first-order valence-corrected chi connectivity index (χ1v) is 14.5. The van der Waals surface area contributed by atoms with Crippen molar-refractivity contribution in [2.24, 2.45) is 11.8 Å². The molecule has 0 radical (unpaired) electrons. The van der Waals surface area contributed by atoms with E-state index in [9.17, 15) is 13.2 Å². The van der Waals surface area contributed by atoms with Gasteiger partial charge in [0.1, 0.15) is 11.8 Å². The molecular weight excluding hydrogens is 460 g/mol. The zero-order chi connectivity index (χ0) is 24.2. The van der Waals surface area contributed by atoms with E-state index in [1.54, 1.807) is 12.1 Å². The van der Waals surface area contributed by atoms with Crippen LogP contribution < -0.4 is 4.74 Å². The number of aryl methyl sites for hydroxylation is 1. The molecule has 0 bridgehead atoms. The lowest BCUT2D eigenvalue weighted by molar-refractivity contribution is -0.138. The van der Waals surface area contributed by atoms with Gasteiger partial charge in [-0.3, -0.25) is 4.79 Å². The number of fused-ring (bicyclic) bond motifs is 2. The number of amides is 1. The fraction of sp³-hybridized carbons (Fsp3) is 0.536. The first kappa shape index (κ1) is 23.0. The molecule has 6 rings (SSSR count). The number of carbonyl (C=O) groups is 1. The van der Waals surface area contributed by atoms with E-state index in [-0.39, 0.29) is 16.8 Å². The van der Waals surface area contributed by atoms with Crippen LogP contribution in [0, 0.1) is 18.8 Å². The van der Waals surface area contributed by atoms with E-state index in [0.29, 0.717) is 32.5 Å². The van der Waals surface area contributed by atoms with Crippen molar-refractivity contribution in [1.29, 1.82) is 0 Å². The summed E-state index contributed by atoms with van der Waals surface area (Å²) in [7, 11) is -3.73. The molecular formula is C28H34N2O4S. The summed E-state index contributed by atoms with van der Waals surface area (Å²) in [5.74, 6) is 2.44. The molecule has 2 aliphatic heterocycles. The monoisotopic (exact) mass is 494 g/mol. The maximum atomic E-state index is 14.1. The van der Waals surface area contributed by atoms with Crippen LogP contribution in [0.3, 0.4) is 0 Å². The smallest absolute Gasteiger partial charge is 0.243 e. The fourth-order valence-corrected chi connectivity index (χ4v) is 7.96. The van der Waals surface area contributed by atoms with Gasteiger partial charge in [-0.15, -0.1) is 0 Å². The summed E-state index contributed by atoms with van der Waals surface area (Å²) in [5.41, 5.74) is 3.29. The van der Waals surface area contributed by atoms with E-state index in [0.717, 1.165) is 48.0 Å². The van der Waals surface area contributed by atoms with Gasteiger partial charge >= 0.3 is 0 Å². The molecule has 0 N–H and O–H groups in total. The van der Waals surface area contributed by atoms with Crippen molar-refractivity contribution in [3.05, 3.63) is 59.2 Å². The van der Waals surface area contributed by atoms with Crippen LogP contribution in [-0.4, -0.2) is 48.8 Å². The number of hydrogen-bond donors (Lipinski definition) is 0. The summed E-state index contributed by atoms with van der Waals surface area (Å²) in [6.45, 7) is 3.55. The minimum atomic E-state index is -3.73. The van der Waals surface area contributed by atoms with Crippen molar-refractivity contribution in [2.75, 3.05) is 13.2 Å². The van der Waals surface area contributed by atoms with E-state index in [2.05, 4.69) is 18.2 Å². The third kappa shape index (κ3) is 4.38. The second-order valence-corrected chi connectivity index (χ2v) is 12.7. The van der Waals surface area contributed by atoms with Crippen LogP contribution in [0.4, 0.5) is 0 Å². The van der Waals surface area contributed by atoms with Gasteiger partial charge in [-0.2, -0.15) is 4.31 Å². The highest BCUT2D eigenvalue weighted by Gasteiger charge is 2.47. The van der Waals surface area contributed by atoms with Crippen molar-refractivity contribution >= 4 is 15.9 Å². The Hall–Kier alpha value is -2.38.